The second-order valence-electron chi connectivity index (χ2n) is 2.29. The first-order valence-electron chi connectivity index (χ1n) is 3.34. The smallest absolute Gasteiger partial charge is 0.404 e. The maximum Gasteiger partial charge on any atom is 0.573 e. The van der Waals surface area contributed by atoms with E-state index in [0.29, 0.717) is 5.69 Å². The molecule has 0 aromatic heterocycles. The van der Waals surface area contributed by atoms with Crippen LogP contribution in [0.15, 0.2) is 18.2 Å². The normalized spacial score (nSPS) is 11.2. The van der Waals surface area contributed by atoms with Gasteiger partial charge < -0.3 is 9.08 Å². The molecule has 0 fully saturated rings. The molecule has 1 aromatic rings. The monoisotopic (exact) mass is 289 g/mol. The highest BCUT2D eigenvalue weighted by atomic mass is 79.9. The van der Waals surface area contributed by atoms with E-state index in [1.165, 1.54) is 12.1 Å². The Morgan fingerprint density at radius 2 is 2.00 bits per heavy atom. The fourth-order valence-electron chi connectivity index (χ4n) is 0.767. The number of nitrogens with one attached hydrogen (secondary N) is 1. The van der Waals surface area contributed by atoms with Crippen molar-refractivity contribution < 1.29 is 17.9 Å². The van der Waals surface area contributed by atoms with Crippen molar-refractivity contribution >= 4 is 33.4 Å². The van der Waals surface area contributed by atoms with Crippen molar-refractivity contribution in [3.05, 3.63) is 23.2 Å². The Bertz CT molecular complexity index is 331. The van der Waals surface area contributed by atoms with Crippen LogP contribution in [0.25, 0.3) is 0 Å². The van der Waals surface area contributed by atoms with Gasteiger partial charge >= 0.3 is 6.36 Å². The molecule has 0 spiro atoms. The summed E-state index contributed by atoms with van der Waals surface area (Å²) >= 11 is 8.43. The molecule has 78 valence electrons. The van der Waals surface area contributed by atoms with Crippen LogP contribution < -0.4 is 9.08 Å². The molecule has 1 rings (SSSR count). The molecular formula is C7H4BrClF3NO. The Morgan fingerprint density at radius 3 is 2.43 bits per heavy atom. The highest BCUT2D eigenvalue weighted by Crippen LogP contribution is 2.32. The summed E-state index contributed by atoms with van der Waals surface area (Å²) in [4.78, 5) is 0. The summed E-state index contributed by atoms with van der Waals surface area (Å²) in [6.07, 6.45) is -4.73. The van der Waals surface area contributed by atoms with Crippen molar-refractivity contribution in [2.24, 2.45) is 0 Å². The van der Waals surface area contributed by atoms with Gasteiger partial charge in [0.25, 0.3) is 0 Å². The number of benzene rings is 1. The van der Waals surface area contributed by atoms with Gasteiger partial charge in [-0.1, -0.05) is 11.6 Å². The number of halogens is 5. The van der Waals surface area contributed by atoms with Gasteiger partial charge in [-0.2, -0.15) is 0 Å². The minimum absolute atomic E-state index is 0.119. The Hall–Kier alpha value is -0.620. The van der Waals surface area contributed by atoms with E-state index < -0.39 is 12.1 Å². The van der Waals surface area contributed by atoms with E-state index in [4.69, 9.17) is 11.6 Å². The number of hydrogen-bond acceptors (Lipinski definition) is 2. The van der Waals surface area contributed by atoms with E-state index in [1.54, 1.807) is 0 Å². The lowest BCUT2D eigenvalue weighted by molar-refractivity contribution is -0.274. The van der Waals surface area contributed by atoms with Crippen molar-refractivity contribution in [1.29, 1.82) is 0 Å². The van der Waals surface area contributed by atoms with E-state index in [9.17, 15) is 13.2 Å². The predicted molar refractivity (Wildman–Crippen MR) is 50.7 cm³/mol. The van der Waals surface area contributed by atoms with Crippen LogP contribution in [0.5, 0.6) is 5.75 Å². The van der Waals surface area contributed by atoms with Crippen LogP contribution in [0.2, 0.25) is 5.02 Å². The molecule has 7 heteroatoms. The Balaban J connectivity index is 2.89. The number of ether oxygens (including phenoxy) is 1. The van der Waals surface area contributed by atoms with Crippen LogP contribution in [0.1, 0.15) is 0 Å². The average Bonchev–Trinajstić information content (AvgIpc) is 2.06. The SMILES string of the molecule is FC(F)(F)Oc1ccc(NBr)cc1Cl. The second-order valence-corrected chi connectivity index (χ2v) is 3.09. The first-order chi connectivity index (χ1) is 6.42. The van der Waals surface area contributed by atoms with Gasteiger partial charge in [-0.25, -0.2) is 0 Å². The molecule has 1 aromatic carbocycles. The van der Waals surface area contributed by atoms with Gasteiger partial charge in [0.1, 0.15) is 5.75 Å². The summed E-state index contributed by atoms with van der Waals surface area (Å²) < 4.78 is 41.6. The first kappa shape index (κ1) is 11.5. The second kappa shape index (κ2) is 4.27. The lowest BCUT2D eigenvalue weighted by Gasteiger charge is -2.10. The van der Waals surface area contributed by atoms with Gasteiger partial charge in [-0.15, -0.1) is 13.2 Å². The molecule has 0 aliphatic heterocycles. The topological polar surface area (TPSA) is 21.3 Å². The van der Waals surface area contributed by atoms with Crippen molar-refractivity contribution in [2.75, 3.05) is 4.34 Å². The van der Waals surface area contributed by atoms with E-state index >= 15 is 0 Å². The molecule has 0 unspecified atom stereocenters. The third-order valence-electron chi connectivity index (χ3n) is 1.27. The fourth-order valence-corrected chi connectivity index (χ4v) is 1.23. The molecule has 0 saturated carbocycles. The quantitative estimate of drug-likeness (QED) is 0.832. The molecule has 1 N–H and O–H groups in total. The van der Waals surface area contributed by atoms with E-state index in [0.717, 1.165) is 6.07 Å². The van der Waals surface area contributed by atoms with Crippen LogP contribution in [0.4, 0.5) is 18.9 Å². The van der Waals surface area contributed by atoms with Crippen molar-refractivity contribution in [1.82, 2.24) is 0 Å². The minimum atomic E-state index is -4.73. The summed E-state index contributed by atoms with van der Waals surface area (Å²) in [5.41, 5.74) is 0.532. The van der Waals surface area contributed by atoms with E-state index in [2.05, 4.69) is 25.2 Å². The average molecular weight is 290 g/mol. The molecule has 0 aliphatic carbocycles. The standard InChI is InChI=1S/C7H4BrClF3NO/c8-13-4-1-2-6(5(9)3-4)14-7(10,11)12/h1-3,13H. The van der Waals surface area contributed by atoms with Gasteiger partial charge in [-0.3, -0.25) is 0 Å². The van der Waals surface area contributed by atoms with Crippen molar-refractivity contribution in [3.8, 4) is 5.75 Å². The molecule has 0 amide bonds. The molecule has 0 radical (unpaired) electrons. The Labute approximate surface area is 91.3 Å². The van der Waals surface area contributed by atoms with Crippen molar-refractivity contribution in [2.45, 2.75) is 6.36 Å². The van der Waals surface area contributed by atoms with E-state index in [1.807, 2.05) is 0 Å². The largest absolute Gasteiger partial charge is 0.573 e. The van der Waals surface area contributed by atoms with Crippen LogP contribution in [0, 0.1) is 0 Å². The highest BCUT2D eigenvalue weighted by Gasteiger charge is 2.31. The Kier molecular flexibility index (Phi) is 3.49. The zero-order valence-electron chi connectivity index (χ0n) is 6.53. The summed E-state index contributed by atoms with van der Waals surface area (Å²) in [6.45, 7) is 0. The van der Waals surface area contributed by atoms with Crippen LogP contribution in [-0.2, 0) is 0 Å². The van der Waals surface area contributed by atoms with Gasteiger partial charge in [0, 0.05) is 21.8 Å². The number of rotatable bonds is 2. The molecule has 14 heavy (non-hydrogen) atoms. The first-order valence-corrected chi connectivity index (χ1v) is 4.51. The van der Waals surface area contributed by atoms with Gasteiger partial charge in [-0.05, 0) is 18.2 Å². The molecule has 0 heterocycles. The molecule has 0 atom stereocenters. The molecule has 0 aliphatic rings. The van der Waals surface area contributed by atoms with Crippen LogP contribution in [-0.4, -0.2) is 6.36 Å². The number of hydrogen-bond donors (Lipinski definition) is 1. The third-order valence-corrected chi connectivity index (χ3v) is 2.02. The zero-order chi connectivity index (χ0) is 10.8. The Morgan fingerprint density at radius 1 is 1.36 bits per heavy atom. The van der Waals surface area contributed by atoms with Crippen LogP contribution >= 0.6 is 27.7 Å². The predicted octanol–water partition coefficient (Wildman–Crippen LogP) is 3.96. The number of anilines is 1. The minimum Gasteiger partial charge on any atom is -0.404 e. The van der Waals surface area contributed by atoms with Gasteiger partial charge in [0.2, 0.25) is 0 Å². The zero-order valence-corrected chi connectivity index (χ0v) is 8.87. The maximum atomic E-state index is 11.8. The van der Waals surface area contributed by atoms with Crippen LogP contribution in [0.3, 0.4) is 0 Å². The summed E-state index contributed by atoms with van der Waals surface area (Å²) in [5, 5.41) is -0.119. The lowest BCUT2D eigenvalue weighted by atomic mass is 10.3. The van der Waals surface area contributed by atoms with E-state index in [-0.39, 0.29) is 5.02 Å². The summed E-state index contributed by atoms with van der Waals surface area (Å²) in [6, 6.07) is 3.82. The highest BCUT2D eigenvalue weighted by molar-refractivity contribution is 9.10. The third kappa shape index (κ3) is 3.26. The van der Waals surface area contributed by atoms with Crippen molar-refractivity contribution in [3.63, 3.8) is 0 Å². The maximum absolute atomic E-state index is 11.8. The molecule has 0 bridgehead atoms. The molecule has 2 nitrogen and oxygen atoms in total. The van der Waals surface area contributed by atoms with Gasteiger partial charge in [0.05, 0.1) is 5.02 Å². The summed E-state index contributed by atoms with van der Waals surface area (Å²) in [5.74, 6) is -0.425. The van der Waals surface area contributed by atoms with Gasteiger partial charge in [0.15, 0.2) is 0 Å². The lowest BCUT2D eigenvalue weighted by Crippen LogP contribution is -2.17. The molecule has 0 saturated heterocycles. The molecular weight excluding hydrogens is 286 g/mol. The number of alkyl halides is 3. The summed E-state index contributed by atoms with van der Waals surface area (Å²) in [7, 11) is 0. The fraction of sp³-hybridized carbons (Fsp3) is 0.143.